The lowest BCUT2D eigenvalue weighted by atomic mass is 9.98. The third-order valence-corrected chi connectivity index (χ3v) is 4.68. The topological polar surface area (TPSA) is 88.3 Å². The van der Waals surface area contributed by atoms with Gasteiger partial charge in [0.2, 0.25) is 0 Å². The lowest BCUT2D eigenvalue weighted by Gasteiger charge is -2.38. The molecule has 0 radical (unpaired) electrons. The van der Waals surface area contributed by atoms with E-state index in [9.17, 15) is 26.7 Å². The lowest BCUT2D eigenvalue weighted by molar-refractivity contribution is -0.136. The van der Waals surface area contributed by atoms with E-state index in [1.807, 2.05) is 13.8 Å². The van der Waals surface area contributed by atoms with Crippen LogP contribution >= 0.6 is 0 Å². The van der Waals surface area contributed by atoms with Crippen LogP contribution in [0.25, 0.3) is 11.0 Å². The highest BCUT2D eigenvalue weighted by molar-refractivity contribution is 5.90. The van der Waals surface area contributed by atoms with Gasteiger partial charge >= 0.3 is 12.2 Å². The SMILES string of the molecule is CC1(C)C/C(=C/NC(=O)Nc2cc(F)c(Oc3ccnc4[nH]cc(C(F)(F)F)c34)c(F)c2)O1. The third kappa shape index (κ3) is 4.69. The predicted octanol–water partition coefficient (Wildman–Crippen LogP) is 5.81. The van der Waals surface area contributed by atoms with Crippen molar-refractivity contribution in [2.75, 3.05) is 5.32 Å². The first-order valence-electron chi connectivity index (χ1n) is 9.59. The molecule has 12 heteroatoms. The number of H-pyrrole nitrogens is 1. The van der Waals surface area contributed by atoms with Gasteiger partial charge in [0.15, 0.2) is 17.4 Å². The maximum atomic E-state index is 14.6. The summed E-state index contributed by atoms with van der Waals surface area (Å²) in [5.74, 6) is -3.30. The van der Waals surface area contributed by atoms with Gasteiger partial charge in [0.25, 0.3) is 0 Å². The van der Waals surface area contributed by atoms with Gasteiger partial charge in [-0.2, -0.15) is 13.2 Å². The smallest absolute Gasteiger partial charge is 0.418 e. The molecule has 174 valence electrons. The van der Waals surface area contributed by atoms with Crippen molar-refractivity contribution in [1.82, 2.24) is 15.3 Å². The van der Waals surface area contributed by atoms with Gasteiger partial charge in [-0.25, -0.2) is 18.6 Å². The van der Waals surface area contributed by atoms with E-state index >= 15 is 0 Å². The second-order valence-electron chi connectivity index (χ2n) is 7.85. The standard InChI is InChI=1S/C21H17F5N4O3/c1-20(2)7-11(33-20)8-29-19(31)30-10-5-13(22)17(14(23)6-10)32-15-3-4-27-18-16(15)12(9-28-18)21(24,25)26/h3-6,8-9H,7H2,1-2H3,(H,27,28)(H2,29,30,31)/b11-8-. The van der Waals surface area contributed by atoms with Crippen molar-refractivity contribution in [3.63, 3.8) is 0 Å². The predicted molar refractivity (Wildman–Crippen MR) is 108 cm³/mol. The number of nitrogens with zero attached hydrogens (tertiary/aromatic N) is 1. The average Bonchev–Trinajstić information content (AvgIpc) is 3.13. The van der Waals surface area contributed by atoms with E-state index in [2.05, 4.69) is 20.6 Å². The first-order chi connectivity index (χ1) is 15.4. The Kier molecular flexibility index (Phi) is 5.38. The van der Waals surface area contributed by atoms with Crippen LogP contribution in [-0.2, 0) is 10.9 Å². The summed E-state index contributed by atoms with van der Waals surface area (Å²) in [4.78, 5) is 18.1. The highest BCUT2D eigenvalue weighted by Gasteiger charge is 2.36. The summed E-state index contributed by atoms with van der Waals surface area (Å²) in [6.45, 7) is 3.74. The number of aromatic nitrogens is 2. The summed E-state index contributed by atoms with van der Waals surface area (Å²) in [5.41, 5.74) is -1.80. The van der Waals surface area contributed by atoms with Gasteiger partial charge in [-0.3, -0.25) is 0 Å². The number of fused-ring (bicyclic) bond motifs is 1. The molecule has 3 heterocycles. The van der Waals surface area contributed by atoms with E-state index < -0.39 is 46.3 Å². The van der Waals surface area contributed by atoms with Crippen LogP contribution in [0.5, 0.6) is 11.5 Å². The summed E-state index contributed by atoms with van der Waals surface area (Å²) in [5, 5.41) is 4.14. The summed E-state index contributed by atoms with van der Waals surface area (Å²) in [6, 6.07) is 1.82. The van der Waals surface area contributed by atoms with E-state index in [-0.39, 0.29) is 16.9 Å². The van der Waals surface area contributed by atoms with Crippen LogP contribution in [0.4, 0.5) is 32.4 Å². The maximum absolute atomic E-state index is 14.6. The number of ether oxygens (including phenoxy) is 2. The van der Waals surface area contributed by atoms with E-state index in [1.165, 1.54) is 6.20 Å². The Hall–Kier alpha value is -3.83. The average molecular weight is 468 g/mol. The summed E-state index contributed by atoms with van der Waals surface area (Å²) in [7, 11) is 0. The number of carbonyl (C=O) groups excluding carboxylic acids is 1. The largest absolute Gasteiger partial charge is 0.490 e. The number of pyridine rings is 1. The molecule has 33 heavy (non-hydrogen) atoms. The summed E-state index contributed by atoms with van der Waals surface area (Å²) < 4.78 is 79.5. The second-order valence-corrected chi connectivity index (χ2v) is 7.85. The quantitative estimate of drug-likeness (QED) is 0.422. The van der Waals surface area contributed by atoms with Crippen LogP contribution in [0.1, 0.15) is 25.8 Å². The highest BCUT2D eigenvalue weighted by atomic mass is 19.4. The number of hydrogen-bond acceptors (Lipinski definition) is 4. The fourth-order valence-corrected chi connectivity index (χ4v) is 3.33. The zero-order valence-electron chi connectivity index (χ0n) is 17.2. The number of amides is 2. The second kappa shape index (κ2) is 7.94. The molecule has 1 aliphatic rings. The molecule has 2 aromatic heterocycles. The number of anilines is 1. The van der Waals surface area contributed by atoms with E-state index in [1.54, 1.807) is 0 Å². The van der Waals surface area contributed by atoms with E-state index in [0.717, 1.165) is 24.4 Å². The van der Waals surface area contributed by atoms with Gasteiger partial charge in [-0.1, -0.05) is 0 Å². The van der Waals surface area contributed by atoms with Gasteiger partial charge in [-0.05, 0) is 19.9 Å². The summed E-state index contributed by atoms with van der Waals surface area (Å²) in [6.07, 6.45) is -0.983. The molecule has 0 bridgehead atoms. The first-order valence-corrected chi connectivity index (χ1v) is 9.59. The molecule has 0 saturated carbocycles. The van der Waals surface area contributed by atoms with Crippen molar-refractivity contribution in [2.45, 2.75) is 32.0 Å². The molecule has 0 aliphatic carbocycles. The Morgan fingerprint density at radius 2 is 1.94 bits per heavy atom. The first kappa shape index (κ1) is 22.4. The monoisotopic (exact) mass is 468 g/mol. The van der Waals surface area contributed by atoms with Crippen LogP contribution in [0.15, 0.2) is 42.6 Å². The van der Waals surface area contributed by atoms with Crippen LogP contribution in [0.2, 0.25) is 0 Å². The molecule has 0 atom stereocenters. The number of benzene rings is 1. The molecule has 4 rings (SSSR count). The molecule has 1 aromatic carbocycles. The fraction of sp³-hybridized carbons (Fsp3) is 0.238. The fourth-order valence-electron chi connectivity index (χ4n) is 3.33. The molecule has 0 spiro atoms. The third-order valence-electron chi connectivity index (χ3n) is 4.68. The Morgan fingerprint density at radius 1 is 1.27 bits per heavy atom. The van der Waals surface area contributed by atoms with E-state index in [4.69, 9.17) is 9.47 Å². The molecule has 7 nitrogen and oxygen atoms in total. The summed E-state index contributed by atoms with van der Waals surface area (Å²) >= 11 is 0. The molecule has 1 aliphatic heterocycles. The van der Waals surface area contributed by atoms with Crippen molar-refractivity contribution in [3.8, 4) is 11.5 Å². The molecule has 3 N–H and O–H groups in total. The molecule has 1 fully saturated rings. The number of carbonyl (C=O) groups is 1. The van der Waals surface area contributed by atoms with Crippen LogP contribution in [-0.4, -0.2) is 21.6 Å². The Labute approximate surface area is 183 Å². The van der Waals surface area contributed by atoms with Crippen molar-refractivity contribution in [3.05, 3.63) is 59.7 Å². The normalized spacial score (nSPS) is 16.3. The zero-order chi connectivity index (χ0) is 24.0. The van der Waals surface area contributed by atoms with Crippen molar-refractivity contribution in [1.29, 1.82) is 0 Å². The van der Waals surface area contributed by atoms with Crippen LogP contribution in [0, 0.1) is 11.6 Å². The number of alkyl halides is 3. The van der Waals surface area contributed by atoms with Gasteiger partial charge in [0.05, 0.1) is 10.9 Å². The van der Waals surface area contributed by atoms with Crippen molar-refractivity contribution in [2.24, 2.45) is 0 Å². The van der Waals surface area contributed by atoms with Gasteiger partial charge in [0.1, 0.15) is 22.8 Å². The molecular weight excluding hydrogens is 451 g/mol. The highest BCUT2D eigenvalue weighted by Crippen LogP contribution is 2.41. The molecule has 3 aromatic rings. The Bertz CT molecular complexity index is 1230. The molecule has 2 amide bonds. The number of nitrogens with one attached hydrogen (secondary N) is 3. The van der Waals surface area contributed by atoms with Crippen molar-refractivity contribution >= 4 is 22.8 Å². The number of urea groups is 1. The van der Waals surface area contributed by atoms with Gasteiger partial charge in [0, 0.05) is 42.8 Å². The Morgan fingerprint density at radius 3 is 2.55 bits per heavy atom. The maximum Gasteiger partial charge on any atom is 0.418 e. The minimum absolute atomic E-state index is 0.163. The minimum atomic E-state index is -4.74. The zero-order valence-corrected chi connectivity index (χ0v) is 17.2. The molecular formula is C21H17F5N4O3. The van der Waals surface area contributed by atoms with Crippen LogP contribution in [0.3, 0.4) is 0 Å². The Balaban J connectivity index is 1.53. The van der Waals surface area contributed by atoms with E-state index in [0.29, 0.717) is 18.4 Å². The lowest BCUT2D eigenvalue weighted by Crippen LogP contribution is -2.37. The van der Waals surface area contributed by atoms with Gasteiger partial charge in [-0.15, -0.1) is 0 Å². The number of rotatable bonds is 4. The minimum Gasteiger partial charge on any atom is -0.490 e. The van der Waals surface area contributed by atoms with Crippen LogP contribution < -0.4 is 15.4 Å². The van der Waals surface area contributed by atoms with Crippen molar-refractivity contribution < 1.29 is 36.2 Å². The van der Waals surface area contributed by atoms with Gasteiger partial charge < -0.3 is 25.1 Å². The number of aromatic amines is 1. The molecule has 1 saturated heterocycles. The number of hydrogen-bond donors (Lipinski definition) is 3. The number of halogens is 5. The molecule has 0 unspecified atom stereocenters.